The van der Waals surface area contributed by atoms with Gasteiger partial charge in [0.1, 0.15) is 0 Å². The normalized spacial score (nSPS) is 14.6. The molecule has 0 unspecified atom stereocenters. The molecule has 1 fully saturated rings. The fourth-order valence-corrected chi connectivity index (χ4v) is 4.61. The summed E-state index contributed by atoms with van der Waals surface area (Å²) in [5.74, 6) is -0.366. The van der Waals surface area contributed by atoms with Gasteiger partial charge in [-0.15, -0.1) is 0 Å². The molecule has 5 nitrogen and oxygen atoms in total. The summed E-state index contributed by atoms with van der Waals surface area (Å²) in [6.07, 6.45) is 1.03. The molecule has 1 aromatic heterocycles. The minimum Gasteiger partial charge on any atom is -0.379 e. The topological polar surface area (TPSA) is 60.5 Å². The van der Waals surface area contributed by atoms with Crippen LogP contribution in [-0.2, 0) is 11.3 Å². The summed E-state index contributed by atoms with van der Waals surface area (Å²) in [5, 5.41) is 0. The van der Waals surface area contributed by atoms with Crippen LogP contribution in [0.1, 0.15) is 28.2 Å². The van der Waals surface area contributed by atoms with Crippen LogP contribution in [0.5, 0.6) is 0 Å². The first-order chi connectivity index (χ1) is 15.1. The van der Waals surface area contributed by atoms with Crippen LogP contribution in [0, 0.1) is 13.8 Å². The molecule has 2 aromatic carbocycles. The first kappa shape index (κ1) is 21.3. The van der Waals surface area contributed by atoms with Crippen molar-refractivity contribution in [2.24, 2.45) is 5.73 Å². The zero-order valence-electron chi connectivity index (χ0n) is 18.4. The summed E-state index contributed by atoms with van der Waals surface area (Å²) >= 11 is 0. The number of carbonyl (C=O) groups excluding carboxylic acids is 1. The van der Waals surface area contributed by atoms with E-state index in [2.05, 4.69) is 52.8 Å². The van der Waals surface area contributed by atoms with Crippen LogP contribution < -0.4 is 5.73 Å². The van der Waals surface area contributed by atoms with Crippen LogP contribution in [0.3, 0.4) is 0 Å². The van der Waals surface area contributed by atoms with Crippen molar-refractivity contribution in [1.29, 1.82) is 0 Å². The zero-order chi connectivity index (χ0) is 21.8. The highest BCUT2D eigenvalue weighted by atomic mass is 16.5. The molecule has 0 atom stereocenters. The number of primary amides is 1. The van der Waals surface area contributed by atoms with Crippen LogP contribution in [-0.4, -0.2) is 48.2 Å². The second kappa shape index (κ2) is 9.50. The Morgan fingerprint density at radius 1 is 0.871 bits per heavy atom. The smallest absolute Gasteiger partial charge is 0.251 e. The van der Waals surface area contributed by atoms with Crippen LogP contribution in [0.4, 0.5) is 0 Å². The molecule has 1 saturated heterocycles. The van der Waals surface area contributed by atoms with Gasteiger partial charge in [-0.25, -0.2) is 0 Å². The highest BCUT2D eigenvalue weighted by Gasteiger charge is 2.22. The van der Waals surface area contributed by atoms with Crippen molar-refractivity contribution in [2.45, 2.75) is 26.8 Å². The summed E-state index contributed by atoms with van der Waals surface area (Å²) in [6, 6.07) is 18.7. The molecule has 3 aromatic rings. The number of benzene rings is 2. The lowest BCUT2D eigenvalue weighted by Gasteiger charge is -2.26. The Morgan fingerprint density at radius 3 is 2.13 bits per heavy atom. The summed E-state index contributed by atoms with van der Waals surface area (Å²) < 4.78 is 7.69. The van der Waals surface area contributed by atoms with E-state index >= 15 is 0 Å². The molecule has 0 bridgehead atoms. The minimum absolute atomic E-state index is 0.366. The lowest BCUT2D eigenvalue weighted by atomic mass is 9.97. The average Bonchev–Trinajstić information content (AvgIpc) is 3.05. The molecule has 4 rings (SSSR count). The Bertz CT molecular complexity index is 1030. The van der Waals surface area contributed by atoms with Gasteiger partial charge in [-0.2, -0.15) is 0 Å². The number of hydrogen-bond donors (Lipinski definition) is 1. The van der Waals surface area contributed by atoms with Gasteiger partial charge in [0.2, 0.25) is 0 Å². The monoisotopic (exact) mass is 417 g/mol. The second-order valence-corrected chi connectivity index (χ2v) is 8.19. The Balaban J connectivity index is 1.59. The molecule has 0 saturated carbocycles. The van der Waals surface area contributed by atoms with E-state index in [4.69, 9.17) is 10.5 Å². The van der Waals surface area contributed by atoms with E-state index in [1.807, 2.05) is 25.1 Å². The minimum atomic E-state index is -0.366. The van der Waals surface area contributed by atoms with Gasteiger partial charge in [0.05, 0.1) is 18.8 Å². The Labute approximate surface area is 184 Å². The lowest BCUT2D eigenvalue weighted by molar-refractivity contribution is 0.0369. The quantitative estimate of drug-likeness (QED) is 0.625. The molecule has 2 N–H and O–H groups in total. The third kappa shape index (κ3) is 4.58. The van der Waals surface area contributed by atoms with Gasteiger partial charge in [0.15, 0.2) is 0 Å². The number of nitrogens with zero attached hydrogens (tertiary/aromatic N) is 2. The molecule has 0 radical (unpaired) electrons. The molecule has 1 amide bonds. The highest BCUT2D eigenvalue weighted by Crippen LogP contribution is 2.33. The van der Waals surface area contributed by atoms with E-state index in [-0.39, 0.29) is 5.91 Å². The van der Waals surface area contributed by atoms with E-state index in [9.17, 15) is 4.79 Å². The third-order valence-corrected chi connectivity index (χ3v) is 6.27. The number of hydrogen-bond acceptors (Lipinski definition) is 3. The SMILES string of the molecule is Cc1c(C(N)=O)c(-c2ccc(-c3ccccc3)cc2)c(C)n1CCCN1CCOCC1. The molecule has 162 valence electrons. The van der Waals surface area contributed by atoms with Crippen molar-refractivity contribution in [2.75, 3.05) is 32.8 Å². The van der Waals surface area contributed by atoms with E-state index in [1.54, 1.807) is 0 Å². The van der Waals surface area contributed by atoms with Gasteiger partial charge >= 0.3 is 0 Å². The first-order valence-corrected chi connectivity index (χ1v) is 11.0. The number of amides is 1. The van der Waals surface area contributed by atoms with Crippen molar-refractivity contribution >= 4 is 5.91 Å². The molecule has 2 heterocycles. The Hall–Kier alpha value is -2.89. The van der Waals surface area contributed by atoms with Crippen LogP contribution in [0.2, 0.25) is 0 Å². The molecule has 31 heavy (non-hydrogen) atoms. The van der Waals surface area contributed by atoms with Crippen molar-refractivity contribution in [3.8, 4) is 22.3 Å². The van der Waals surface area contributed by atoms with E-state index in [1.165, 1.54) is 5.56 Å². The van der Waals surface area contributed by atoms with Crippen molar-refractivity contribution < 1.29 is 9.53 Å². The van der Waals surface area contributed by atoms with Crippen molar-refractivity contribution in [3.63, 3.8) is 0 Å². The molecule has 0 aliphatic carbocycles. The first-order valence-electron chi connectivity index (χ1n) is 11.0. The molecular weight excluding hydrogens is 386 g/mol. The predicted molar refractivity (Wildman–Crippen MR) is 125 cm³/mol. The number of aromatic nitrogens is 1. The van der Waals surface area contributed by atoms with Crippen LogP contribution in [0.15, 0.2) is 54.6 Å². The standard InChI is InChI=1S/C26H31N3O2/c1-19-24(23-11-9-22(10-12-23)21-7-4-3-5-8-21)25(26(27)30)20(2)29(19)14-6-13-28-15-17-31-18-16-28/h3-5,7-12H,6,13-18H2,1-2H3,(H2,27,30). The fraction of sp³-hybridized carbons (Fsp3) is 0.346. The number of carbonyl (C=O) groups is 1. The maximum Gasteiger partial charge on any atom is 0.251 e. The fourth-order valence-electron chi connectivity index (χ4n) is 4.61. The Morgan fingerprint density at radius 2 is 1.48 bits per heavy atom. The van der Waals surface area contributed by atoms with E-state index < -0.39 is 0 Å². The predicted octanol–water partition coefficient (Wildman–Crippen LogP) is 4.26. The van der Waals surface area contributed by atoms with Gasteiger partial charge < -0.3 is 15.0 Å². The highest BCUT2D eigenvalue weighted by molar-refractivity contribution is 6.02. The molecule has 5 heteroatoms. The summed E-state index contributed by atoms with van der Waals surface area (Å²) in [4.78, 5) is 14.8. The third-order valence-electron chi connectivity index (χ3n) is 6.27. The van der Waals surface area contributed by atoms with E-state index in [0.717, 1.165) is 73.9 Å². The largest absolute Gasteiger partial charge is 0.379 e. The van der Waals surface area contributed by atoms with Gasteiger partial charge in [-0.05, 0) is 37.0 Å². The molecule has 1 aliphatic heterocycles. The van der Waals surface area contributed by atoms with Crippen molar-refractivity contribution in [1.82, 2.24) is 9.47 Å². The van der Waals surface area contributed by atoms with Crippen LogP contribution in [0.25, 0.3) is 22.3 Å². The molecular formula is C26H31N3O2. The van der Waals surface area contributed by atoms with Gasteiger partial charge in [-0.1, -0.05) is 54.6 Å². The number of rotatable bonds is 7. The average molecular weight is 418 g/mol. The van der Waals surface area contributed by atoms with Gasteiger partial charge in [-0.3, -0.25) is 9.69 Å². The van der Waals surface area contributed by atoms with E-state index in [0.29, 0.717) is 5.56 Å². The maximum absolute atomic E-state index is 12.4. The van der Waals surface area contributed by atoms with Gasteiger partial charge in [0.25, 0.3) is 5.91 Å². The Kier molecular flexibility index (Phi) is 6.54. The number of ether oxygens (including phenoxy) is 1. The maximum atomic E-state index is 12.4. The molecule has 1 aliphatic rings. The summed E-state index contributed by atoms with van der Waals surface area (Å²) in [7, 11) is 0. The molecule has 0 spiro atoms. The zero-order valence-corrected chi connectivity index (χ0v) is 18.4. The second-order valence-electron chi connectivity index (χ2n) is 8.19. The summed E-state index contributed by atoms with van der Waals surface area (Å²) in [6.45, 7) is 9.63. The number of morpholine rings is 1. The van der Waals surface area contributed by atoms with Gasteiger partial charge in [0, 0.05) is 43.1 Å². The summed E-state index contributed by atoms with van der Waals surface area (Å²) in [5.41, 5.74) is 12.8. The lowest BCUT2D eigenvalue weighted by Crippen LogP contribution is -2.37. The van der Waals surface area contributed by atoms with Crippen LogP contribution >= 0.6 is 0 Å². The number of nitrogens with two attached hydrogens (primary N) is 1. The van der Waals surface area contributed by atoms with Crippen molar-refractivity contribution in [3.05, 3.63) is 71.5 Å².